The first-order chi connectivity index (χ1) is 14.3. The van der Waals surface area contributed by atoms with E-state index in [0.717, 1.165) is 24.4 Å². The van der Waals surface area contributed by atoms with E-state index in [1.54, 1.807) is 12.1 Å². The van der Waals surface area contributed by atoms with E-state index in [9.17, 15) is 4.79 Å². The molecule has 0 aliphatic rings. The number of para-hydroxylation sites is 3. The van der Waals surface area contributed by atoms with Crippen molar-refractivity contribution in [2.75, 3.05) is 31.6 Å². The predicted molar refractivity (Wildman–Crippen MR) is 116 cm³/mol. The molecule has 0 aliphatic carbocycles. The normalized spacial score (nSPS) is 10.2. The minimum Gasteiger partial charge on any atom is -0.490 e. The average Bonchev–Trinajstić information content (AvgIpc) is 2.78. The summed E-state index contributed by atoms with van der Waals surface area (Å²) in [5.41, 5.74) is 1.61. The number of hydrogen-bond acceptors (Lipinski definition) is 4. The van der Waals surface area contributed by atoms with Crippen molar-refractivity contribution in [1.82, 2.24) is 5.32 Å². The number of nitrogens with one attached hydrogen (secondary N) is 2. The third-order valence-corrected chi connectivity index (χ3v) is 4.23. The molecule has 0 aromatic heterocycles. The molecule has 0 aliphatic heterocycles. The zero-order chi connectivity index (χ0) is 20.2. The molecule has 5 heteroatoms. The summed E-state index contributed by atoms with van der Waals surface area (Å²) in [6.45, 7) is 2.15. The largest absolute Gasteiger partial charge is 0.490 e. The second kappa shape index (κ2) is 11.4. The molecule has 0 saturated heterocycles. The van der Waals surface area contributed by atoms with Crippen LogP contribution in [0, 0.1) is 0 Å². The van der Waals surface area contributed by atoms with Gasteiger partial charge in [0.1, 0.15) is 24.7 Å². The Bertz CT molecular complexity index is 870. The Morgan fingerprint density at radius 1 is 0.724 bits per heavy atom. The van der Waals surface area contributed by atoms with E-state index in [2.05, 4.69) is 10.6 Å². The van der Waals surface area contributed by atoms with Crippen LogP contribution in [-0.4, -0.2) is 32.2 Å². The highest BCUT2D eigenvalue weighted by atomic mass is 16.5. The first kappa shape index (κ1) is 20.3. The molecule has 3 rings (SSSR count). The maximum absolute atomic E-state index is 12.5. The minimum absolute atomic E-state index is 0.135. The zero-order valence-corrected chi connectivity index (χ0v) is 16.3. The molecule has 0 heterocycles. The van der Waals surface area contributed by atoms with Crippen LogP contribution in [-0.2, 0) is 0 Å². The molecule has 2 N–H and O–H groups in total. The maximum Gasteiger partial charge on any atom is 0.255 e. The van der Waals surface area contributed by atoms with Gasteiger partial charge in [-0.1, -0.05) is 48.5 Å². The molecule has 3 aromatic rings. The highest BCUT2D eigenvalue weighted by Crippen LogP contribution is 2.18. The molecular formula is C24H26N2O3. The quantitative estimate of drug-likeness (QED) is 0.477. The lowest BCUT2D eigenvalue weighted by Crippen LogP contribution is -2.26. The number of anilines is 1. The summed E-state index contributed by atoms with van der Waals surface area (Å²) in [6.07, 6.45) is 0.828. The Balaban J connectivity index is 1.39. The summed E-state index contributed by atoms with van der Waals surface area (Å²) in [6, 6.07) is 26.8. The molecular weight excluding hydrogens is 364 g/mol. The van der Waals surface area contributed by atoms with Gasteiger partial charge in [0.2, 0.25) is 0 Å². The monoisotopic (exact) mass is 390 g/mol. The van der Waals surface area contributed by atoms with Crippen molar-refractivity contribution in [2.45, 2.75) is 6.42 Å². The molecule has 0 spiro atoms. The van der Waals surface area contributed by atoms with Crippen LogP contribution < -0.4 is 20.1 Å². The number of carbonyl (C=O) groups excluding carboxylic acids is 1. The molecule has 29 heavy (non-hydrogen) atoms. The van der Waals surface area contributed by atoms with Crippen molar-refractivity contribution < 1.29 is 14.3 Å². The van der Waals surface area contributed by atoms with Crippen LogP contribution in [0.1, 0.15) is 16.8 Å². The Labute approximate surface area is 171 Å². The fraction of sp³-hybridized carbons (Fsp3) is 0.208. The van der Waals surface area contributed by atoms with Crippen molar-refractivity contribution in [3.63, 3.8) is 0 Å². The lowest BCUT2D eigenvalue weighted by atomic mass is 10.2. The zero-order valence-electron chi connectivity index (χ0n) is 16.3. The number of benzene rings is 3. The molecule has 0 atom stereocenters. The molecule has 1 amide bonds. The van der Waals surface area contributed by atoms with Gasteiger partial charge >= 0.3 is 0 Å². The highest BCUT2D eigenvalue weighted by Gasteiger charge is 2.11. The Morgan fingerprint density at radius 2 is 1.38 bits per heavy atom. The molecule has 0 fully saturated rings. The SMILES string of the molecule is O=C(NCCCNc1ccccc1)c1ccccc1OCCOc1ccccc1. The fourth-order valence-electron chi connectivity index (χ4n) is 2.78. The summed E-state index contributed by atoms with van der Waals surface area (Å²) < 4.78 is 11.4. The van der Waals surface area contributed by atoms with Gasteiger partial charge in [0.05, 0.1) is 5.56 Å². The number of carbonyl (C=O) groups is 1. The van der Waals surface area contributed by atoms with Gasteiger partial charge in [-0.05, 0) is 42.8 Å². The summed E-state index contributed by atoms with van der Waals surface area (Å²) in [4.78, 5) is 12.5. The molecule has 0 radical (unpaired) electrons. The third kappa shape index (κ3) is 6.88. The highest BCUT2D eigenvalue weighted by molar-refractivity contribution is 5.96. The van der Waals surface area contributed by atoms with Crippen LogP contribution in [0.3, 0.4) is 0 Å². The van der Waals surface area contributed by atoms with E-state index in [0.29, 0.717) is 31.1 Å². The molecule has 0 bridgehead atoms. The van der Waals surface area contributed by atoms with Gasteiger partial charge < -0.3 is 20.1 Å². The van der Waals surface area contributed by atoms with Crippen LogP contribution in [0.5, 0.6) is 11.5 Å². The van der Waals surface area contributed by atoms with E-state index in [4.69, 9.17) is 9.47 Å². The third-order valence-electron chi connectivity index (χ3n) is 4.23. The van der Waals surface area contributed by atoms with E-state index < -0.39 is 0 Å². The molecule has 0 unspecified atom stereocenters. The second-order valence-corrected chi connectivity index (χ2v) is 6.41. The first-order valence-corrected chi connectivity index (χ1v) is 9.80. The Kier molecular flexibility index (Phi) is 7.96. The molecule has 3 aromatic carbocycles. The van der Waals surface area contributed by atoms with Crippen molar-refractivity contribution >= 4 is 11.6 Å². The number of rotatable bonds is 11. The molecule has 150 valence electrons. The van der Waals surface area contributed by atoms with Gasteiger partial charge in [-0.25, -0.2) is 0 Å². The van der Waals surface area contributed by atoms with Crippen LogP contribution >= 0.6 is 0 Å². The molecule has 5 nitrogen and oxygen atoms in total. The Morgan fingerprint density at radius 3 is 2.17 bits per heavy atom. The standard InChI is InChI=1S/C24H26N2O3/c27-24(26-17-9-16-25-20-10-3-1-4-11-20)22-14-7-8-15-23(22)29-19-18-28-21-12-5-2-6-13-21/h1-8,10-15,25H,9,16-19H2,(H,26,27). The lowest BCUT2D eigenvalue weighted by molar-refractivity contribution is 0.0948. The van der Waals surface area contributed by atoms with Gasteiger partial charge in [0.15, 0.2) is 0 Å². The summed E-state index contributed by atoms with van der Waals surface area (Å²) in [5.74, 6) is 1.22. The van der Waals surface area contributed by atoms with Crippen molar-refractivity contribution in [3.05, 3.63) is 90.5 Å². The van der Waals surface area contributed by atoms with E-state index in [-0.39, 0.29) is 5.91 Å². The van der Waals surface area contributed by atoms with Gasteiger partial charge in [-0.3, -0.25) is 4.79 Å². The van der Waals surface area contributed by atoms with Gasteiger partial charge in [0, 0.05) is 18.8 Å². The van der Waals surface area contributed by atoms with Crippen LogP contribution in [0.15, 0.2) is 84.9 Å². The van der Waals surface area contributed by atoms with Gasteiger partial charge in [-0.15, -0.1) is 0 Å². The van der Waals surface area contributed by atoms with Crippen molar-refractivity contribution in [3.8, 4) is 11.5 Å². The number of amides is 1. The second-order valence-electron chi connectivity index (χ2n) is 6.41. The number of ether oxygens (including phenoxy) is 2. The topological polar surface area (TPSA) is 59.6 Å². The lowest BCUT2D eigenvalue weighted by Gasteiger charge is -2.12. The molecule has 0 saturated carbocycles. The first-order valence-electron chi connectivity index (χ1n) is 9.80. The predicted octanol–water partition coefficient (Wildman–Crippen LogP) is 4.38. The average molecular weight is 390 g/mol. The summed E-state index contributed by atoms with van der Waals surface area (Å²) in [7, 11) is 0. The van der Waals surface area contributed by atoms with E-state index in [1.807, 2.05) is 72.8 Å². The Hall–Kier alpha value is -3.47. The van der Waals surface area contributed by atoms with E-state index in [1.165, 1.54) is 0 Å². The summed E-state index contributed by atoms with van der Waals surface area (Å²) in [5, 5.41) is 6.28. The van der Waals surface area contributed by atoms with Crippen molar-refractivity contribution in [2.24, 2.45) is 0 Å². The van der Waals surface area contributed by atoms with Gasteiger partial charge in [0.25, 0.3) is 5.91 Å². The summed E-state index contributed by atoms with van der Waals surface area (Å²) >= 11 is 0. The van der Waals surface area contributed by atoms with Crippen LogP contribution in [0.25, 0.3) is 0 Å². The van der Waals surface area contributed by atoms with Crippen molar-refractivity contribution in [1.29, 1.82) is 0 Å². The fourth-order valence-corrected chi connectivity index (χ4v) is 2.78. The maximum atomic E-state index is 12.5. The van der Waals surface area contributed by atoms with Gasteiger partial charge in [-0.2, -0.15) is 0 Å². The minimum atomic E-state index is -0.135. The van der Waals surface area contributed by atoms with E-state index >= 15 is 0 Å². The van der Waals surface area contributed by atoms with Crippen LogP contribution in [0.2, 0.25) is 0 Å². The van der Waals surface area contributed by atoms with Crippen LogP contribution in [0.4, 0.5) is 5.69 Å². The number of hydrogen-bond donors (Lipinski definition) is 2. The smallest absolute Gasteiger partial charge is 0.255 e.